The van der Waals surface area contributed by atoms with Crippen molar-refractivity contribution in [2.45, 2.75) is 4.90 Å². The molecule has 0 heterocycles. The monoisotopic (exact) mass is 414 g/mol. The molecule has 0 aliphatic heterocycles. The molecule has 0 fully saturated rings. The molecule has 0 amide bonds. The third-order valence-electron chi connectivity index (χ3n) is 3.80. The second kappa shape index (κ2) is 8.48. The highest BCUT2D eigenvalue weighted by atomic mass is 32.2. The summed E-state index contributed by atoms with van der Waals surface area (Å²) in [6, 6.07) is 17.4. The van der Waals surface area contributed by atoms with Crippen molar-refractivity contribution in [2.24, 2.45) is 5.10 Å². The fourth-order valence-electron chi connectivity index (χ4n) is 2.40. The average Bonchev–Trinajstić information content (AvgIpc) is 2.70. The number of hydrogen-bond acceptors (Lipinski definition) is 6. The summed E-state index contributed by atoms with van der Waals surface area (Å²) >= 11 is 0. The van der Waals surface area contributed by atoms with E-state index in [1.807, 2.05) is 0 Å². The van der Waals surface area contributed by atoms with Gasteiger partial charge in [0.05, 0.1) is 16.0 Å². The average molecular weight is 414 g/mol. The molecule has 148 valence electrons. The fraction of sp³-hybridized carbons (Fsp3) is 0. The van der Waals surface area contributed by atoms with E-state index in [2.05, 4.69) is 15.2 Å². The van der Waals surface area contributed by atoms with E-state index in [0.717, 1.165) is 6.07 Å². The van der Waals surface area contributed by atoms with Gasteiger partial charge in [0.25, 0.3) is 15.7 Å². The molecule has 0 saturated heterocycles. The first-order valence-electron chi connectivity index (χ1n) is 8.27. The van der Waals surface area contributed by atoms with Crippen LogP contribution in [0.3, 0.4) is 0 Å². The molecule has 0 aliphatic carbocycles. The Morgan fingerprint density at radius 3 is 2.38 bits per heavy atom. The Bertz CT molecular complexity index is 1170. The third-order valence-corrected chi connectivity index (χ3v) is 5.18. The molecule has 3 rings (SSSR count). The molecule has 29 heavy (non-hydrogen) atoms. The number of nitrogens with zero attached hydrogens (tertiary/aromatic N) is 2. The van der Waals surface area contributed by atoms with E-state index in [9.17, 15) is 22.9 Å². The molecule has 2 N–H and O–H groups in total. The Morgan fingerprint density at radius 1 is 1.00 bits per heavy atom. The number of anilines is 2. The van der Waals surface area contributed by atoms with Gasteiger partial charge in [0.15, 0.2) is 0 Å². The van der Waals surface area contributed by atoms with E-state index in [1.165, 1.54) is 36.5 Å². The zero-order valence-corrected chi connectivity index (χ0v) is 15.6. The Labute approximate surface area is 165 Å². The number of sulfonamides is 1. The van der Waals surface area contributed by atoms with Crippen LogP contribution in [0.4, 0.5) is 21.5 Å². The van der Waals surface area contributed by atoms with Crippen LogP contribution in [0.25, 0.3) is 0 Å². The number of hydrogen-bond donors (Lipinski definition) is 2. The van der Waals surface area contributed by atoms with Gasteiger partial charge in [0.2, 0.25) is 0 Å². The zero-order valence-electron chi connectivity index (χ0n) is 14.8. The fourth-order valence-corrected chi connectivity index (χ4v) is 3.47. The summed E-state index contributed by atoms with van der Waals surface area (Å²) in [5, 5.41) is 15.2. The number of rotatable bonds is 7. The van der Waals surface area contributed by atoms with E-state index < -0.39 is 26.5 Å². The summed E-state index contributed by atoms with van der Waals surface area (Å²) in [7, 11) is -4.03. The molecule has 0 atom stereocenters. The van der Waals surface area contributed by atoms with Crippen LogP contribution in [0.5, 0.6) is 0 Å². The first kappa shape index (κ1) is 20.0. The standard InChI is InChI=1S/C19H15FN4O4S/c20-17-9-5-4-6-14(17)13-21-22-18-11-10-16(12-19(18)24(25)26)29(27,28)23-15-7-2-1-3-8-15/h1-13,22-23H. The van der Waals surface area contributed by atoms with E-state index in [0.29, 0.717) is 5.69 Å². The predicted molar refractivity (Wildman–Crippen MR) is 108 cm³/mol. The van der Waals surface area contributed by atoms with Crippen LogP contribution in [-0.4, -0.2) is 19.6 Å². The molecule has 0 spiro atoms. The number of para-hydroxylation sites is 1. The van der Waals surface area contributed by atoms with Crippen LogP contribution >= 0.6 is 0 Å². The Hall–Kier alpha value is -3.79. The summed E-state index contributed by atoms with van der Waals surface area (Å²) in [5.74, 6) is -0.499. The molecule has 0 radical (unpaired) electrons. The van der Waals surface area contributed by atoms with E-state index in [1.54, 1.807) is 36.4 Å². The smallest absolute Gasteiger partial charge is 0.280 e. The number of halogens is 1. The number of hydrazone groups is 1. The minimum atomic E-state index is -4.03. The lowest BCUT2D eigenvalue weighted by Gasteiger charge is -2.09. The number of benzene rings is 3. The SMILES string of the molecule is O=[N+]([O-])c1cc(S(=O)(=O)Nc2ccccc2)ccc1NN=Cc1ccccc1F. The summed E-state index contributed by atoms with van der Waals surface area (Å²) in [6.45, 7) is 0. The van der Waals surface area contributed by atoms with Gasteiger partial charge >= 0.3 is 0 Å². The lowest BCUT2D eigenvalue weighted by molar-refractivity contribution is -0.384. The van der Waals surface area contributed by atoms with Crippen LogP contribution in [0.1, 0.15) is 5.56 Å². The third kappa shape index (κ3) is 4.93. The lowest BCUT2D eigenvalue weighted by atomic mass is 10.2. The van der Waals surface area contributed by atoms with E-state index >= 15 is 0 Å². The zero-order chi connectivity index (χ0) is 20.9. The molecule has 3 aromatic rings. The molecular formula is C19H15FN4O4S. The van der Waals surface area contributed by atoms with E-state index in [4.69, 9.17) is 0 Å². The Morgan fingerprint density at radius 2 is 1.69 bits per heavy atom. The largest absolute Gasteiger partial charge is 0.295 e. The first-order valence-corrected chi connectivity index (χ1v) is 9.75. The van der Waals surface area contributed by atoms with Gasteiger partial charge in [-0.05, 0) is 30.3 Å². The second-order valence-electron chi connectivity index (χ2n) is 5.80. The van der Waals surface area contributed by atoms with Gasteiger partial charge in [-0.15, -0.1) is 0 Å². The minimum Gasteiger partial charge on any atom is -0.280 e. The maximum absolute atomic E-state index is 13.6. The molecule has 3 aromatic carbocycles. The second-order valence-corrected chi connectivity index (χ2v) is 7.48. The van der Waals surface area contributed by atoms with Crippen molar-refractivity contribution in [3.8, 4) is 0 Å². The highest BCUT2D eigenvalue weighted by Gasteiger charge is 2.21. The van der Waals surface area contributed by atoms with Crippen LogP contribution in [0.15, 0.2) is 82.8 Å². The number of nitro benzene ring substituents is 1. The van der Waals surface area contributed by atoms with Crippen molar-refractivity contribution in [1.82, 2.24) is 0 Å². The molecule has 0 unspecified atom stereocenters. The van der Waals surface area contributed by atoms with Crippen molar-refractivity contribution < 1.29 is 17.7 Å². The highest BCUT2D eigenvalue weighted by Crippen LogP contribution is 2.28. The molecule has 0 aromatic heterocycles. The van der Waals surface area contributed by atoms with E-state index in [-0.39, 0.29) is 16.1 Å². The Kier molecular flexibility index (Phi) is 5.84. The quantitative estimate of drug-likeness (QED) is 0.345. The molecule has 8 nitrogen and oxygen atoms in total. The van der Waals surface area contributed by atoms with Crippen molar-refractivity contribution in [3.05, 3.63) is 94.3 Å². The summed E-state index contributed by atoms with van der Waals surface area (Å²) in [5.41, 5.74) is 2.42. The van der Waals surface area contributed by atoms with Crippen molar-refractivity contribution in [1.29, 1.82) is 0 Å². The van der Waals surface area contributed by atoms with Crippen LogP contribution in [0, 0.1) is 15.9 Å². The van der Waals surface area contributed by atoms with Crippen LogP contribution in [0.2, 0.25) is 0 Å². The Balaban J connectivity index is 1.85. The van der Waals surface area contributed by atoms with Gasteiger partial charge < -0.3 is 0 Å². The number of nitro groups is 1. The maximum atomic E-state index is 13.6. The molecule has 0 aliphatic rings. The van der Waals surface area contributed by atoms with Crippen LogP contribution in [-0.2, 0) is 10.0 Å². The number of nitrogens with one attached hydrogen (secondary N) is 2. The topological polar surface area (TPSA) is 114 Å². The van der Waals surface area contributed by atoms with Crippen molar-refractivity contribution >= 4 is 33.3 Å². The molecular weight excluding hydrogens is 399 g/mol. The van der Waals surface area contributed by atoms with Crippen LogP contribution < -0.4 is 10.1 Å². The molecule has 0 bridgehead atoms. The van der Waals surface area contributed by atoms with Gasteiger partial charge in [-0.1, -0.05) is 36.4 Å². The van der Waals surface area contributed by atoms with Gasteiger partial charge in [-0.25, -0.2) is 12.8 Å². The molecule has 0 saturated carbocycles. The predicted octanol–water partition coefficient (Wildman–Crippen LogP) is 3.98. The van der Waals surface area contributed by atoms with Gasteiger partial charge in [-0.2, -0.15) is 5.10 Å². The van der Waals surface area contributed by atoms with Crippen molar-refractivity contribution in [3.63, 3.8) is 0 Å². The highest BCUT2D eigenvalue weighted by molar-refractivity contribution is 7.92. The lowest BCUT2D eigenvalue weighted by Crippen LogP contribution is -2.13. The summed E-state index contributed by atoms with van der Waals surface area (Å²) in [6.07, 6.45) is 1.17. The summed E-state index contributed by atoms with van der Waals surface area (Å²) < 4.78 is 40.9. The van der Waals surface area contributed by atoms with Gasteiger partial charge in [0, 0.05) is 17.3 Å². The first-order chi connectivity index (χ1) is 13.9. The minimum absolute atomic E-state index is 0.0405. The molecule has 10 heteroatoms. The summed E-state index contributed by atoms with van der Waals surface area (Å²) in [4.78, 5) is 10.4. The van der Waals surface area contributed by atoms with Crippen molar-refractivity contribution in [2.75, 3.05) is 10.1 Å². The normalized spacial score (nSPS) is 11.3. The maximum Gasteiger partial charge on any atom is 0.295 e. The van der Waals surface area contributed by atoms with Gasteiger partial charge in [-0.3, -0.25) is 20.3 Å². The van der Waals surface area contributed by atoms with Gasteiger partial charge in [0.1, 0.15) is 11.5 Å².